The molecular weight excluding hydrogens is 272 g/mol. The first-order valence-electron chi connectivity index (χ1n) is 6.34. The Bertz CT molecular complexity index is 697. The van der Waals surface area contributed by atoms with Crippen LogP contribution in [0.25, 0.3) is 0 Å². The molecular formula is C15H18N2O2S. The molecule has 0 radical (unpaired) electrons. The van der Waals surface area contributed by atoms with E-state index in [4.69, 9.17) is 0 Å². The highest BCUT2D eigenvalue weighted by molar-refractivity contribution is 7.89. The smallest absolute Gasteiger partial charge is 0.243 e. The number of pyridine rings is 1. The van der Waals surface area contributed by atoms with Gasteiger partial charge in [-0.25, -0.2) is 8.42 Å². The van der Waals surface area contributed by atoms with Gasteiger partial charge >= 0.3 is 0 Å². The molecule has 2 rings (SSSR count). The van der Waals surface area contributed by atoms with Crippen molar-refractivity contribution in [3.8, 4) is 0 Å². The van der Waals surface area contributed by atoms with Gasteiger partial charge in [0, 0.05) is 26.0 Å². The summed E-state index contributed by atoms with van der Waals surface area (Å²) in [7, 11) is -1.88. The van der Waals surface area contributed by atoms with Gasteiger partial charge in [0.05, 0.1) is 4.90 Å². The average Bonchev–Trinajstić information content (AvgIpc) is 2.42. The van der Waals surface area contributed by atoms with E-state index in [2.05, 4.69) is 4.98 Å². The summed E-state index contributed by atoms with van der Waals surface area (Å²) >= 11 is 0. The number of benzene rings is 1. The first kappa shape index (κ1) is 14.7. The van der Waals surface area contributed by atoms with Crippen LogP contribution in [0.5, 0.6) is 0 Å². The van der Waals surface area contributed by atoms with E-state index in [-0.39, 0.29) is 0 Å². The fraction of sp³-hybridized carbons (Fsp3) is 0.267. The minimum Gasteiger partial charge on any atom is -0.265 e. The summed E-state index contributed by atoms with van der Waals surface area (Å²) in [4.78, 5) is 4.26. The Labute approximate surface area is 120 Å². The lowest BCUT2D eigenvalue weighted by atomic mass is 10.1. The predicted octanol–water partition coefficient (Wildman–Crippen LogP) is 2.52. The molecule has 1 heterocycles. The summed E-state index contributed by atoms with van der Waals surface area (Å²) in [6.07, 6.45) is 3.32. The average molecular weight is 290 g/mol. The van der Waals surface area contributed by atoms with Crippen LogP contribution in [0.2, 0.25) is 0 Å². The van der Waals surface area contributed by atoms with Crippen LogP contribution in [0.3, 0.4) is 0 Å². The highest BCUT2D eigenvalue weighted by atomic mass is 32.2. The van der Waals surface area contributed by atoms with E-state index in [9.17, 15) is 8.42 Å². The minimum absolute atomic E-state index is 0.331. The molecule has 0 aliphatic heterocycles. The second kappa shape index (κ2) is 5.73. The van der Waals surface area contributed by atoms with E-state index >= 15 is 0 Å². The maximum atomic E-state index is 12.5. The normalized spacial score (nSPS) is 11.8. The molecule has 4 nitrogen and oxygen atoms in total. The van der Waals surface area contributed by atoms with Crippen molar-refractivity contribution in [1.82, 2.24) is 9.29 Å². The van der Waals surface area contributed by atoms with Gasteiger partial charge in [-0.1, -0.05) is 6.07 Å². The van der Waals surface area contributed by atoms with Crippen molar-refractivity contribution in [1.29, 1.82) is 0 Å². The van der Waals surface area contributed by atoms with Crippen LogP contribution in [-0.2, 0) is 16.6 Å². The van der Waals surface area contributed by atoms with Crippen molar-refractivity contribution in [2.45, 2.75) is 25.3 Å². The third-order valence-corrected chi connectivity index (χ3v) is 5.14. The maximum absolute atomic E-state index is 12.5. The molecule has 5 heteroatoms. The number of aromatic nitrogens is 1. The van der Waals surface area contributed by atoms with E-state index in [1.807, 2.05) is 32.0 Å². The molecule has 0 fully saturated rings. The van der Waals surface area contributed by atoms with Gasteiger partial charge in [0.15, 0.2) is 0 Å². The van der Waals surface area contributed by atoms with Gasteiger partial charge in [-0.3, -0.25) is 4.98 Å². The molecule has 1 aromatic heterocycles. The number of hydrogen-bond donors (Lipinski definition) is 0. The summed E-state index contributed by atoms with van der Waals surface area (Å²) in [5.41, 5.74) is 2.97. The van der Waals surface area contributed by atoms with Gasteiger partial charge in [0.1, 0.15) is 0 Å². The van der Waals surface area contributed by atoms with Gasteiger partial charge in [0.2, 0.25) is 10.0 Å². The maximum Gasteiger partial charge on any atom is 0.243 e. The Morgan fingerprint density at radius 2 is 1.70 bits per heavy atom. The number of aryl methyl sites for hydroxylation is 2. The zero-order valence-corrected chi connectivity index (χ0v) is 12.7. The SMILES string of the molecule is Cc1ccc(S(=O)(=O)N(C)Cc2ccncc2)cc1C. The Morgan fingerprint density at radius 3 is 2.30 bits per heavy atom. The monoisotopic (exact) mass is 290 g/mol. The Kier molecular flexibility index (Phi) is 4.20. The Morgan fingerprint density at radius 1 is 1.05 bits per heavy atom. The van der Waals surface area contributed by atoms with Crippen LogP contribution in [-0.4, -0.2) is 24.8 Å². The molecule has 106 valence electrons. The van der Waals surface area contributed by atoms with Gasteiger partial charge in [0.25, 0.3) is 0 Å². The molecule has 0 N–H and O–H groups in total. The minimum atomic E-state index is -3.46. The zero-order chi connectivity index (χ0) is 14.8. The number of sulfonamides is 1. The molecule has 0 aliphatic carbocycles. The van der Waals surface area contributed by atoms with Crippen LogP contribution in [0.15, 0.2) is 47.6 Å². The van der Waals surface area contributed by atoms with Crippen molar-refractivity contribution < 1.29 is 8.42 Å². The van der Waals surface area contributed by atoms with Crippen LogP contribution >= 0.6 is 0 Å². The molecule has 0 unspecified atom stereocenters. The zero-order valence-electron chi connectivity index (χ0n) is 11.9. The summed E-state index contributed by atoms with van der Waals surface area (Å²) < 4.78 is 26.4. The van der Waals surface area contributed by atoms with E-state index in [1.165, 1.54) is 4.31 Å². The topological polar surface area (TPSA) is 50.3 Å². The molecule has 0 saturated heterocycles. The van der Waals surface area contributed by atoms with Gasteiger partial charge in [-0.15, -0.1) is 0 Å². The van der Waals surface area contributed by atoms with Crippen LogP contribution < -0.4 is 0 Å². The van der Waals surface area contributed by atoms with Crippen LogP contribution in [0.1, 0.15) is 16.7 Å². The lowest BCUT2D eigenvalue weighted by molar-refractivity contribution is 0.466. The van der Waals surface area contributed by atoms with Crippen molar-refractivity contribution >= 4 is 10.0 Å². The Hall–Kier alpha value is -1.72. The van der Waals surface area contributed by atoms with E-state index in [1.54, 1.807) is 31.6 Å². The van der Waals surface area contributed by atoms with Crippen LogP contribution in [0, 0.1) is 13.8 Å². The molecule has 20 heavy (non-hydrogen) atoms. The van der Waals surface area contributed by atoms with Gasteiger partial charge < -0.3 is 0 Å². The summed E-state index contributed by atoms with van der Waals surface area (Å²) in [6, 6.07) is 8.83. The number of rotatable bonds is 4. The second-order valence-corrected chi connectivity index (χ2v) is 6.91. The summed E-state index contributed by atoms with van der Waals surface area (Å²) in [5, 5.41) is 0. The first-order valence-corrected chi connectivity index (χ1v) is 7.78. The summed E-state index contributed by atoms with van der Waals surface area (Å²) in [5.74, 6) is 0. The third kappa shape index (κ3) is 3.05. The molecule has 0 amide bonds. The Balaban J connectivity index is 2.27. The highest BCUT2D eigenvalue weighted by Gasteiger charge is 2.21. The lowest BCUT2D eigenvalue weighted by Gasteiger charge is -2.18. The van der Waals surface area contributed by atoms with E-state index in [0.29, 0.717) is 11.4 Å². The number of hydrogen-bond acceptors (Lipinski definition) is 3. The third-order valence-electron chi connectivity index (χ3n) is 3.34. The molecule has 0 saturated carbocycles. The molecule has 0 bridgehead atoms. The van der Waals surface area contributed by atoms with E-state index < -0.39 is 10.0 Å². The first-order chi connectivity index (χ1) is 9.41. The molecule has 0 aliphatic rings. The van der Waals surface area contributed by atoms with Crippen molar-refractivity contribution in [2.24, 2.45) is 0 Å². The van der Waals surface area contributed by atoms with Crippen LogP contribution in [0.4, 0.5) is 0 Å². The lowest BCUT2D eigenvalue weighted by Crippen LogP contribution is -2.26. The van der Waals surface area contributed by atoms with Gasteiger partial charge in [-0.2, -0.15) is 4.31 Å². The largest absolute Gasteiger partial charge is 0.265 e. The number of nitrogens with zero attached hydrogens (tertiary/aromatic N) is 2. The quantitative estimate of drug-likeness (QED) is 0.869. The molecule has 0 spiro atoms. The standard InChI is InChI=1S/C15H18N2O2S/c1-12-4-5-15(10-13(12)2)20(18,19)17(3)11-14-6-8-16-9-7-14/h4-10H,11H2,1-3H3. The highest BCUT2D eigenvalue weighted by Crippen LogP contribution is 2.19. The predicted molar refractivity (Wildman–Crippen MR) is 78.8 cm³/mol. The van der Waals surface area contributed by atoms with Crippen molar-refractivity contribution in [2.75, 3.05) is 7.05 Å². The van der Waals surface area contributed by atoms with Crippen molar-refractivity contribution in [3.63, 3.8) is 0 Å². The van der Waals surface area contributed by atoms with E-state index in [0.717, 1.165) is 16.7 Å². The molecule has 0 atom stereocenters. The fourth-order valence-corrected chi connectivity index (χ4v) is 3.13. The van der Waals surface area contributed by atoms with Gasteiger partial charge in [-0.05, 0) is 54.8 Å². The second-order valence-electron chi connectivity index (χ2n) is 4.86. The van der Waals surface area contributed by atoms with Crippen molar-refractivity contribution in [3.05, 3.63) is 59.4 Å². The summed E-state index contributed by atoms with van der Waals surface area (Å²) in [6.45, 7) is 4.21. The molecule has 2 aromatic rings. The fourth-order valence-electron chi connectivity index (χ4n) is 1.88. The molecule has 1 aromatic carbocycles.